The minimum atomic E-state index is -0.0881. The third kappa shape index (κ3) is 3.18. The minimum Gasteiger partial charge on any atom is -0.339 e. The van der Waals surface area contributed by atoms with E-state index in [0.29, 0.717) is 31.7 Å². The van der Waals surface area contributed by atoms with Gasteiger partial charge in [-0.05, 0) is 29.7 Å². The Morgan fingerprint density at radius 2 is 1.81 bits per heavy atom. The van der Waals surface area contributed by atoms with Crippen LogP contribution in [0, 0.1) is 5.92 Å². The number of carbonyl (C=O) groups is 2. The van der Waals surface area contributed by atoms with Gasteiger partial charge in [0.2, 0.25) is 5.91 Å². The van der Waals surface area contributed by atoms with E-state index in [0.717, 1.165) is 16.3 Å². The molecule has 0 aliphatic carbocycles. The summed E-state index contributed by atoms with van der Waals surface area (Å²) < 4.78 is 0. The molecule has 1 aliphatic heterocycles. The lowest BCUT2D eigenvalue weighted by Crippen LogP contribution is -2.41. The molecule has 4 rings (SSSR count). The highest BCUT2D eigenvalue weighted by Crippen LogP contribution is 2.24. The molecule has 0 unspecified atom stereocenters. The number of H-pyrrole nitrogens is 1. The first kappa shape index (κ1) is 16.3. The topological polar surface area (TPSA) is 78.1 Å². The molecule has 1 aromatic heterocycles. The van der Waals surface area contributed by atoms with Crippen LogP contribution in [0.4, 0.5) is 5.82 Å². The number of benzene rings is 2. The summed E-state index contributed by atoms with van der Waals surface area (Å²) in [6, 6.07) is 15.4. The number of rotatable bonds is 3. The smallest absolute Gasteiger partial charge is 0.254 e. The largest absolute Gasteiger partial charge is 0.339 e. The highest BCUT2D eigenvalue weighted by molar-refractivity contribution is 6.07. The number of aromatic amines is 1. The van der Waals surface area contributed by atoms with Crippen LogP contribution in [0.3, 0.4) is 0 Å². The summed E-state index contributed by atoms with van der Waals surface area (Å²) in [4.78, 5) is 27.1. The van der Waals surface area contributed by atoms with Crippen molar-refractivity contribution in [3.8, 4) is 0 Å². The van der Waals surface area contributed by atoms with Gasteiger partial charge in [-0.25, -0.2) is 0 Å². The molecule has 6 heteroatoms. The zero-order valence-corrected chi connectivity index (χ0v) is 14.3. The first-order valence-corrected chi connectivity index (χ1v) is 8.79. The van der Waals surface area contributed by atoms with Gasteiger partial charge in [0.1, 0.15) is 5.82 Å². The Morgan fingerprint density at radius 3 is 2.58 bits per heavy atom. The number of hydrogen-bond donors (Lipinski definition) is 2. The third-order valence-corrected chi connectivity index (χ3v) is 4.93. The van der Waals surface area contributed by atoms with Crippen molar-refractivity contribution in [2.24, 2.45) is 5.92 Å². The Labute approximate surface area is 151 Å². The monoisotopic (exact) mass is 348 g/mol. The molecular weight excluding hydrogens is 328 g/mol. The SMILES string of the molecule is O=C(Nc1ccn[nH]1)C1CCN(C(=O)c2cccc3ccccc23)CC1. The number of nitrogens with zero attached hydrogens (tertiary/aromatic N) is 2. The molecule has 132 valence electrons. The maximum absolute atomic E-state index is 13.0. The Balaban J connectivity index is 1.42. The van der Waals surface area contributed by atoms with E-state index in [-0.39, 0.29) is 17.7 Å². The molecule has 1 fully saturated rings. The van der Waals surface area contributed by atoms with Crippen molar-refractivity contribution in [1.29, 1.82) is 0 Å². The van der Waals surface area contributed by atoms with Crippen LogP contribution in [-0.2, 0) is 4.79 Å². The number of fused-ring (bicyclic) bond motifs is 1. The molecule has 2 amide bonds. The normalized spacial score (nSPS) is 15.2. The molecule has 0 spiro atoms. The first-order valence-electron chi connectivity index (χ1n) is 8.79. The van der Waals surface area contributed by atoms with Crippen LogP contribution in [0.2, 0.25) is 0 Å². The van der Waals surface area contributed by atoms with Gasteiger partial charge in [0.15, 0.2) is 0 Å². The predicted octanol–water partition coefficient (Wildman–Crippen LogP) is 3.05. The van der Waals surface area contributed by atoms with E-state index >= 15 is 0 Å². The van der Waals surface area contributed by atoms with Gasteiger partial charge in [0.25, 0.3) is 5.91 Å². The molecule has 1 aliphatic rings. The van der Waals surface area contributed by atoms with Crippen molar-refractivity contribution < 1.29 is 9.59 Å². The number of aromatic nitrogens is 2. The molecule has 3 aromatic rings. The number of hydrogen-bond acceptors (Lipinski definition) is 3. The van der Waals surface area contributed by atoms with E-state index < -0.39 is 0 Å². The fourth-order valence-electron chi connectivity index (χ4n) is 3.49. The number of anilines is 1. The molecule has 0 radical (unpaired) electrons. The quantitative estimate of drug-likeness (QED) is 0.764. The summed E-state index contributed by atoms with van der Waals surface area (Å²) >= 11 is 0. The second-order valence-electron chi connectivity index (χ2n) is 6.55. The van der Waals surface area contributed by atoms with Gasteiger partial charge in [0, 0.05) is 30.6 Å². The van der Waals surface area contributed by atoms with Gasteiger partial charge < -0.3 is 10.2 Å². The van der Waals surface area contributed by atoms with E-state index in [1.54, 1.807) is 12.3 Å². The van der Waals surface area contributed by atoms with Crippen LogP contribution >= 0.6 is 0 Å². The van der Waals surface area contributed by atoms with Crippen LogP contribution in [0.1, 0.15) is 23.2 Å². The highest BCUT2D eigenvalue weighted by Gasteiger charge is 2.28. The Bertz CT molecular complexity index is 923. The van der Waals surface area contributed by atoms with Crippen LogP contribution < -0.4 is 5.32 Å². The Kier molecular flexibility index (Phi) is 4.39. The van der Waals surface area contributed by atoms with Crippen molar-refractivity contribution in [3.05, 3.63) is 60.3 Å². The maximum Gasteiger partial charge on any atom is 0.254 e. The minimum absolute atomic E-state index is 0.0218. The van der Waals surface area contributed by atoms with Crippen molar-refractivity contribution in [2.45, 2.75) is 12.8 Å². The molecule has 0 bridgehead atoms. The lowest BCUT2D eigenvalue weighted by molar-refractivity contribution is -0.121. The molecule has 0 saturated carbocycles. The van der Waals surface area contributed by atoms with Crippen molar-refractivity contribution in [1.82, 2.24) is 15.1 Å². The van der Waals surface area contributed by atoms with Gasteiger partial charge in [0.05, 0.1) is 6.20 Å². The fraction of sp³-hybridized carbons (Fsp3) is 0.250. The summed E-state index contributed by atoms with van der Waals surface area (Å²) in [7, 11) is 0. The Morgan fingerprint density at radius 1 is 1.04 bits per heavy atom. The van der Waals surface area contributed by atoms with Crippen LogP contribution in [0.15, 0.2) is 54.7 Å². The summed E-state index contributed by atoms with van der Waals surface area (Å²) in [6.07, 6.45) is 2.92. The van der Waals surface area contributed by atoms with Crippen molar-refractivity contribution in [3.63, 3.8) is 0 Å². The molecule has 2 heterocycles. The summed E-state index contributed by atoms with van der Waals surface area (Å²) in [5.41, 5.74) is 0.725. The number of amides is 2. The Hall–Kier alpha value is -3.15. The average molecular weight is 348 g/mol. The van der Waals surface area contributed by atoms with E-state index in [2.05, 4.69) is 15.5 Å². The van der Waals surface area contributed by atoms with Gasteiger partial charge in [-0.2, -0.15) is 5.10 Å². The molecule has 2 aromatic carbocycles. The number of piperidine rings is 1. The summed E-state index contributed by atoms with van der Waals surface area (Å²) in [6.45, 7) is 1.17. The number of carbonyl (C=O) groups excluding carboxylic acids is 2. The van der Waals surface area contributed by atoms with Crippen LogP contribution in [0.25, 0.3) is 10.8 Å². The summed E-state index contributed by atoms with van der Waals surface area (Å²) in [5, 5.41) is 11.4. The van der Waals surface area contributed by atoms with Crippen LogP contribution in [-0.4, -0.2) is 40.0 Å². The predicted molar refractivity (Wildman–Crippen MR) is 99.8 cm³/mol. The third-order valence-electron chi connectivity index (χ3n) is 4.93. The lowest BCUT2D eigenvalue weighted by Gasteiger charge is -2.31. The number of nitrogens with one attached hydrogen (secondary N) is 2. The van der Waals surface area contributed by atoms with Gasteiger partial charge in [-0.3, -0.25) is 14.7 Å². The average Bonchev–Trinajstić information content (AvgIpc) is 3.20. The second kappa shape index (κ2) is 7.00. The van der Waals surface area contributed by atoms with Gasteiger partial charge in [-0.15, -0.1) is 0 Å². The van der Waals surface area contributed by atoms with E-state index in [1.165, 1.54) is 0 Å². The van der Waals surface area contributed by atoms with E-state index in [9.17, 15) is 9.59 Å². The zero-order valence-electron chi connectivity index (χ0n) is 14.3. The van der Waals surface area contributed by atoms with Gasteiger partial charge >= 0.3 is 0 Å². The number of likely N-dealkylation sites (tertiary alicyclic amines) is 1. The van der Waals surface area contributed by atoms with Crippen LogP contribution in [0.5, 0.6) is 0 Å². The molecule has 6 nitrogen and oxygen atoms in total. The molecule has 26 heavy (non-hydrogen) atoms. The fourth-order valence-corrected chi connectivity index (χ4v) is 3.49. The highest BCUT2D eigenvalue weighted by atomic mass is 16.2. The first-order chi connectivity index (χ1) is 12.7. The maximum atomic E-state index is 13.0. The standard InChI is InChI=1S/C20H20N4O2/c25-19(22-18-8-11-21-23-18)15-9-12-24(13-10-15)20(26)17-7-3-5-14-4-1-2-6-16(14)17/h1-8,11,15H,9-10,12-13H2,(H2,21,22,23,25). The van der Waals surface area contributed by atoms with E-state index in [4.69, 9.17) is 0 Å². The summed E-state index contributed by atoms with van der Waals surface area (Å²) in [5.74, 6) is 0.528. The molecule has 2 N–H and O–H groups in total. The van der Waals surface area contributed by atoms with Crippen molar-refractivity contribution in [2.75, 3.05) is 18.4 Å². The lowest BCUT2D eigenvalue weighted by atomic mass is 9.95. The molecule has 0 atom stereocenters. The van der Waals surface area contributed by atoms with Crippen molar-refractivity contribution >= 4 is 28.4 Å². The second-order valence-corrected chi connectivity index (χ2v) is 6.55. The molecule has 1 saturated heterocycles. The molecular formula is C20H20N4O2. The van der Waals surface area contributed by atoms with Gasteiger partial charge in [-0.1, -0.05) is 36.4 Å². The van der Waals surface area contributed by atoms with E-state index in [1.807, 2.05) is 47.4 Å². The zero-order chi connectivity index (χ0) is 17.9.